The Kier molecular flexibility index (Phi) is 3.68. The van der Waals surface area contributed by atoms with Crippen molar-refractivity contribution in [2.75, 3.05) is 7.11 Å². The van der Waals surface area contributed by atoms with Gasteiger partial charge in [0.15, 0.2) is 0 Å². The van der Waals surface area contributed by atoms with Crippen molar-refractivity contribution in [2.45, 2.75) is 44.8 Å². The molecular weight excluding hydrogens is 322 g/mol. The second-order valence-electron chi connectivity index (χ2n) is 7.41. The van der Waals surface area contributed by atoms with Gasteiger partial charge in [-0.3, -0.25) is 4.90 Å². The van der Waals surface area contributed by atoms with Crippen LogP contribution in [0.5, 0.6) is 5.75 Å². The van der Waals surface area contributed by atoms with Crippen molar-refractivity contribution >= 4 is 10.8 Å². The summed E-state index contributed by atoms with van der Waals surface area (Å²) in [6, 6.07) is 13.8. The fourth-order valence-corrected chi connectivity index (χ4v) is 4.77. The number of aromatic nitrogens is 2. The smallest absolute Gasteiger partial charge is 0.125 e. The molecule has 0 amide bonds. The van der Waals surface area contributed by atoms with Crippen LogP contribution in [0.1, 0.15) is 41.5 Å². The number of benzene rings is 2. The molecule has 1 saturated heterocycles. The van der Waals surface area contributed by atoms with Crippen LogP contribution in [0.15, 0.2) is 42.6 Å². The molecular formula is C22H23N3O. The first-order valence-corrected chi connectivity index (χ1v) is 9.37. The van der Waals surface area contributed by atoms with Crippen LogP contribution in [-0.2, 0) is 13.0 Å². The van der Waals surface area contributed by atoms with Crippen LogP contribution in [0, 0.1) is 6.92 Å². The van der Waals surface area contributed by atoms with E-state index in [9.17, 15) is 0 Å². The maximum atomic E-state index is 5.72. The Balaban J connectivity index is 1.57. The van der Waals surface area contributed by atoms with Gasteiger partial charge in [0.2, 0.25) is 0 Å². The summed E-state index contributed by atoms with van der Waals surface area (Å²) < 4.78 is 5.72. The molecule has 1 aromatic heterocycles. The molecule has 2 aliphatic rings. The molecule has 2 atom stereocenters. The number of ether oxygens (including phenoxy) is 1. The average molecular weight is 345 g/mol. The van der Waals surface area contributed by atoms with E-state index in [0.29, 0.717) is 12.1 Å². The third-order valence-electron chi connectivity index (χ3n) is 6.01. The maximum Gasteiger partial charge on any atom is 0.125 e. The Morgan fingerprint density at radius 1 is 1.15 bits per heavy atom. The van der Waals surface area contributed by atoms with Crippen LogP contribution in [0.3, 0.4) is 0 Å². The number of fused-ring (bicyclic) bond motifs is 5. The lowest BCUT2D eigenvalue weighted by atomic mass is 9.96. The zero-order valence-electron chi connectivity index (χ0n) is 15.3. The van der Waals surface area contributed by atoms with Gasteiger partial charge in [0.25, 0.3) is 0 Å². The second-order valence-corrected chi connectivity index (χ2v) is 7.41. The first-order valence-electron chi connectivity index (χ1n) is 9.37. The number of hydrogen-bond acceptors (Lipinski definition) is 4. The predicted molar refractivity (Wildman–Crippen MR) is 102 cm³/mol. The van der Waals surface area contributed by atoms with Gasteiger partial charge in [-0.05, 0) is 36.6 Å². The van der Waals surface area contributed by atoms with Crippen molar-refractivity contribution in [1.82, 2.24) is 14.9 Å². The summed E-state index contributed by atoms with van der Waals surface area (Å²) in [6.07, 6.45) is 5.50. The molecule has 3 heterocycles. The van der Waals surface area contributed by atoms with Crippen molar-refractivity contribution in [3.63, 3.8) is 0 Å². The van der Waals surface area contributed by atoms with Gasteiger partial charge < -0.3 is 4.74 Å². The van der Waals surface area contributed by atoms with Gasteiger partial charge in [-0.1, -0.05) is 30.3 Å². The number of hydrogen-bond donors (Lipinski definition) is 0. The summed E-state index contributed by atoms with van der Waals surface area (Å²) in [6.45, 7) is 2.89. The molecule has 0 N–H and O–H groups in total. The summed E-state index contributed by atoms with van der Waals surface area (Å²) in [5, 5.41) is 2.56. The highest BCUT2D eigenvalue weighted by molar-refractivity contribution is 5.87. The highest BCUT2D eigenvalue weighted by Gasteiger charge is 2.41. The number of nitrogens with zero attached hydrogens (tertiary/aromatic N) is 3. The topological polar surface area (TPSA) is 38.2 Å². The van der Waals surface area contributed by atoms with E-state index in [0.717, 1.165) is 24.5 Å². The highest BCUT2D eigenvalue weighted by atomic mass is 16.5. The average Bonchev–Trinajstić information content (AvgIpc) is 2.94. The minimum Gasteiger partial charge on any atom is -0.496 e. The molecule has 1 fully saturated rings. The van der Waals surface area contributed by atoms with E-state index >= 15 is 0 Å². The van der Waals surface area contributed by atoms with Crippen LogP contribution in [0.2, 0.25) is 0 Å². The SMILES string of the molecule is COc1ccc2ccccc2c1CN1[C@H]2CC[C@@H]1c1cnc(C)nc1C2. The minimum atomic E-state index is 0.424. The molecule has 0 unspecified atom stereocenters. The van der Waals surface area contributed by atoms with Crippen molar-refractivity contribution in [3.8, 4) is 5.75 Å². The Labute approximate surface area is 153 Å². The van der Waals surface area contributed by atoms with E-state index in [-0.39, 0.29) is 0 Å². The molecule has 0 radical (unpaired) electrons. The molecule has 4 heteroatoms. The minimum absolute atomic E-state index is 0.424. The summed E-state index contributed by atoms with van der Waals surface area (Å²) in [4.78, 5) is 11.8. The lowest BCUT2D eigenvalue weighted by Crippen LogP contribution is -2.37. The normalized spacial score (nSPS) is 21.8. The molecule has 2 bridgehead atoms. The van der Waals surface area contributed by atoms with Gasteiger partial charge in [-0.25, -0.2) is 9.97 Å². The fraction of sp³-hybridized carbons (Fsp3) is 0.364. The zero-order valence-corrected chi connectivity index (χ0v) is 15.3. The molecule has 4 nitrogen and oxygen atoms in total. The van der Waals surface area contributed by atoms with Gasteiger partial charge in [-0.2, -0.15) is 0 Å². The molecule has 0 spiro atoms. The van der Waals surface area contributed by atoms with Crippen LogP contribution in [-0.4, -0.2) is 28.0 Å². The predicted octanol–water partition coefficient (Wildman–Crippen LogP) is 4.21. The second kappa shape index (κ2) is 6.06. The van der Waals surface area contributed by atoms with Crippen molar-refractivity contribution in [3.05, 3.63) is 65.2 Å². The summed E-state index contributed by atoms with van der Waals surface area (Å²) >= 11 is 0. The summed E-state index contributed by atoms with van der Waals surface area (Å²) in [7, 11) is 1.77. The monoisotopic (exact) mass is 345 g/mol. The third-order valence-corrected chi connectivity index (χ3v) is 6.01. The van der Waals surface area contributed by atoms with Crippen LogP contribution < -0.4 is 4.74 Å². The van der Waals surface area contributed by atoms with Crippen molar-refractivity contribution in [1.29, 1.82) is 0 Å². The molecule has 5 rings (SSSR count). The van der Waals surface area contributed by atoms with Crippen LogP contribution >= 0.6 is 0 Å². The highest BCUT2D eigenvalue weighted by Crippen LogP contribution is 2.45. The Hall–Kier alpha value is -2.46. The summed E-state index contributed by atoms with van der Waals surface area (Å²) in [5.41, 5.74) is 3.87. The Bertz CT molecular complexity index is 984. The lowest BCUT2D eigenvalue weighted by Gasteiger charge is -2.36. The van der Waals surface area contributed by atoms with Gasteiger partial charge in [0.1, 0.15) is 11.6 Å². The quantitative estimate of drug-likeness (QED) is 0.713. The summed E-state index contributed by atoms with van der Waals surface area (Å²) in [5.74, 6) is 1.86. The molecule has 0 aliphatic carbocycles. The lowest BCUT2D eigenvalue weighted by molar-refractivity contribution is 0.165. The number of methoxy groups -OCH3 is 1. The van der Waals surface area contributed by atoms with Crippen LogP contribution in [0.25, 0.3) is 10.8 Å². The van der Waals surface area contributed by atoms with E-state index in [1.807, 2.05) is 6.92 Å². The standard InChI is InChI=1S/C22H23N3O/c1-14-23-12-18-20(24-14)11-16-8-9-21(18)25(16)13-19-17-6-4-3-5-15(17)7-10-22(19)26-2/h3-7,10,12,16,21H,8-9,11,13H2,1-2H3/t16-,21+/m0/s1. The molecule has 2 aliphatic heterocycles. The largest absolute Gasteiger partial charge is 0.496 e. The zero-order chi connectivity index (χ0) is 17.7. The molecule has 132 valence electrons. The van der Waals surface area contributed by atoms with Gasteiger partial charge in [0.05, 0.1) is 12.8 Å². The van der Waals surface area contributed by atoms with E-state index in [1.165, 1.54) is 40.4 Å². The van der Waals surface area contributed by atoms with Crippen LogP contribution in [0.4, 0.5) is 0 Å². The van der Waals surface area contributed by atoms with Crippen molar-refractivity contribution in [2.24, 2.45) is 0 Å². The third kappa shape index (κ3) is 2.40. The number of aryl methyl sites for hydroxylation is 1. The number of rotatable bonds is 3. The molecule has 3 aromatic rings. The van der Waals surface area contributed by atoms with E-state index < -0.39 is 0 Å². The van der Waals surface area contributed by atoms with Gasteiger partial charge >= 0.3 is 0 Å². The first kappa shape index (κ1) is 15.8. The Morgan fingerprint density at radius 2 is 2.04 bits per heavy atom. The van der Waals surface area contributed by atoms with Gasteiger partial charge in [0, 0.05) is 42.4 Å². The van der Waals surface area contributed by atoms with Gasteiger partial charge in [-0.15, -0.1) is 0 Å². The Morgan fingerprint density at radius 3 is 2.92 bits per heavy atom. The molecule has 26 heavy (non-hydrogen) atoms. The van der Waals surface area contributed by atoms with E-state index in [4.69, 9.17) is 9.72 Å². The first-order chi connectivity index (χ1) is 12.7. The van der Waals surface area contributed by atoms with Crippen molar-refractivity contribution < 1.29 is 4.74 Å². The molecule has 0 saturated carbocycles. The maximum absolute atomic E-state index is 5.72. The fourth-order valence-electron chi connectivity index (χ4n) is 4.77. The van der Waals surface area contributed by atoms with E-state index in [1.54, 1.807) is 7.11 Å². The molecule has 2 aromatic carbocycles. The van der Waals surface area contributed by atoms with E-state index in [2.05, 4.69) is 52.5 Å².